The third-order valence-corrected chi connectivity index (χ3v) is 26.0. The molecule has 1 heterocycles. The van der Waals surface area contributed by atoms with Gasteiger partial charge in [-0.3, -0.25) is 14.4 Å². The molecule has 1 aliphatic heterocycles. The Morgan fingerprint density at radius 3 is 2.01 bits per heavy atom. The molecule has 6 rings (SSSR count). The minimum atomic E-state index is -2.89. The number of benzene rings is 2. The van der Waals surface area contributed by atoms with Crippen LogP contribution in [0.1, 0.15) is 111 Å². The molecule has 2 aromatic rings. The second kappa shape index (κ2) is 19.8. The van der Waals surface area contributed by atoms with Gasteiger partial charge >= 0.3 is 18.1 Å². The van der Waals surface area contributed by atoms with Gasteiger partial charge in [0.1, 0.15) is 17.8 Å². The lowest BCUT2D eigenvalue weighted by atomic mass is 9.44. The minimum absolute atomic E-state index is 0.0864. The van der Waals surface area contributed by atoms with E-state index in [-0.39, 0.29) is 18.6 Å². The summed E-state index contributed by atoms with van der Waals surface area (Å²) in [5, 5.41) is 29.7. The molecule has 1 unspecified atom stereocenters. The summed E-state index contributed by atoms with van der Waals surface area (Å²) in [7, 11) is -4.31. The highest BCUT2D eigenvalue weighted by Crippen LogP contribution is 2.64. The Kier molecular flexibility index (Phi) is 15.5. The Labute approximate surface area is 409 Å². The maximum Gasteiger partial charge on any atom is 0.508 e. The Hall–Kier alpha value is -4.24. The fourth-order valence-electron chi connectivity index (χ4n) is 11.3. The van der Waals surface area contributed by atoms with E-state index in [1.54, 1.807) is 82.3 Å². The zero-order chi connectivity index (χ0) is 51.3. The summed E-state index contributed by atoms with van der Waals surface area (Å²) in [6.45, 7) is 23.7. The number of amides is 1. The molecule has 2 aromatic carbocycles. The topological polar surface area (TPSA) is 202 Å². The van der Waals surface area contributed by atoms with Crippen LogP contribution in [0.3, 0.4) is 0 Å². The number of carbonyl (C=O) groups is 5. The van der Waals surface area contributed by atoms with E-state index < -0.39 is 128 Å². The standard InChI is InChI=1S/C52H75NO14Si2/c1-15-69(16-2,17-3)66-36-28-37-51(30-62-37,65-47(59)61-12)42-44(56)52(60)29-35(31(4)38(49(52,9)10)40(63-32(5)54)43(55)50(36,42)11)64-46(58)41(67-68(13,14)48(6,7)8)39(33-24-20-18-21-25-33)53-45(57)34-26-22-19-23-27-34/h18-27,35-37,39-42,44,56,60H,15-17,28-30H2,1-14H3,(H,53,57)/t35-,36-,37+,39-,40+,41+,42?,44-,50+,51-,52+/m0/s1. The number of ether oxygens (including phenoxy) is 5. The minimum Gasteiger partial charge on any atom is -0.456 e. The molecule has 2 bridgehead atoms. The van der Waals surface area contributed by atoms with Gasteiger partial charge in [-0.1, -0.05) is 104 Å². The number of esters is 2. The first-order valence-corrected chi connectivity index (χ1v) is 29.8. The lowest BCUT2D eigenvalue weighted by Gasteiger charge is -2.68. The number of ketones is 1. The van der Waals surface area contributed by atoms with Crippen molar-refractivity contribution >= 4 is 46.4 Å². The second-order valence-electron chi connectivity index (χ2n) is 21.8. The fourth-order valence-corrected chi connectivity index (χ4v) is 15.4. The van der Waals surface area contributed by atoms with Crippen LogP contribution in [0.25, 0.3) is 0 Å². The average Bonchev–Trinajstić information content (AvgIpc) is 3.29. The molecule has 0 radical (unpaired) electrons. The first-order chi connectivity index (χ1) is 32.1. The van der Waals surface area contributed by atoms with E-state index in [2.05, 4.69) is 26.1 Å². The quantitative estimate of drug-likeness (QED) is 0.0668. The lowest BCUT2D eigenvalue weighted by Crippen LogP contribution is -2.82. The number of aliphatic hydroxyl groups is 2. The van der Waals surface area contributed by atoms with Gasteiger partial charge in [0.25, 0.3) is 5.91 Å². The van der Waals surface area contributed by atoms with Gasteiger partial charge in [0.15, 0.2) is 40.2 Å². The largest absolute Gasteiger partial charge is 0.508 e. The molecule has 3 N–H and O–H groups in total. The lowest BCUT2D eigenvalue weighted by molar-refractivity contribution is -0.343. The third-order valence-electron chi connectivity index (χ3n) is 16.9. The van der Waals surface area contributed by atoms with E-state index in [0.29, 0.717) is 34.8 Å². The number of carbonyl (C=O) groups excluding carboxylic acids is 5. The second-order valence-corrected chi connectivity index (χ2v) is 31.2. The predicted octanol–water partition coefficient (Wildman–Crippen LogP) is 8.15. The van der Waals surface area contributed by atoms with Crippen LogP contribution in [0.4, 0.5) is 4.79 Å². The average molecular weight is 994 g/mol. The number of hydrogen-bond acceptors (Lipinski definition) is 14. The predicted molar refractivity (Wildman–Crippen MR) is 262 cm³/mol. The van der Waals surface area contributed by atoms with Gasteiger partial charge in [-0.05, 0) is 79.0 Å². The fraction of sp³-hybridized carbons (Fsp3) is 0.635. The maximum atomic E-state index is 16.1. The molecular formula is C52H75NO14Si2. The van der Waals surface area contributed by atoms with Crippen molar-refractivity contribution in [2.45, 2.75) is 179 Å². The Bertz CT molecular complexity index is 2270. The molecule has 0 aromatic heterocycles. The summed E-state index contributed by atoms with van der Waals surface area (Å²) in [5.41, 5.74) is -5.99. The van der Waals surface area contributed by atoms with E-state index in [0.717, 1.165) is 7.11 Å². The monoisotopic (exact) mass is 993 g/mol. The number of rotatable bonds is 15. The van der Waals surface area contributed by atoms with E-state index in [4.69, 9.17) is 32.5 Å². The van der Waals surface area contributed by atoms with Gasteiger partial charge in [-0.15, -0.1) is 0 Å². The highest BCUT2D eigenvalue weighted by atomic mass is 28.4. The van der Waals surface area contributed by atoms with E-state index >= 15 is 9.59 Å². The van der Waals surface area contributed by atoms with Crippen LogP contribution in [-0.2, 0) is 46.9 Å². The van der Waals surface area contributed by atoms with Crippen molar-refractivity contribution in [3.8, 4) is 0 Å². The number of fused-ring (bicyclic) bond motifs is 5. The summed E-state index contributed by atoms with van der Waals surface area (Å²) >= 11 is 0. The van der Waals surface area contributed by atoms with E-state index in [1.807, 2.05) is 39.9 Å². The molecule has 15 nitrogen and oxygen atoms in total. The first kappa shape index (κ1) is 54.1. The Morgan fingerprint density at radius 1 is 0.928 bits per heavy atom. The van der Waals surface area contributed by atoms with Crippen molar-refractivity contribution in [3.05, 3.63) is 82.9 Å². The smallest absolute Gasteiger partial charge is 0.456 e. The third kappa shape index (κ3) is 9.41. The summed E-state index contributed by atoms with van der Waals surface area (Å²) in [5.74, 6) is -4.22. The van der Waals surface area contributed by atoms with Crippen molar-refractivity contribution in [3.63, 3.8) is 0 Å². The number of aliphatic hydroxyl groups excluding tert-OH is 1. The molecule has 1 amide bonds. The van der Waals surface area contributed by atoms with Crippen molar-refractivity contribution in [1.82, 2.24) is 5.32 Å². The van der Waals surface area contributed by atoms with Gasteiger partial charge in [-0.25, -0.2) is 9.59 Å². The SMILES string of the molecule is CC[Si](CC)(CC)O[C@H]1C[C@H]2OC[C@@]2(OC(=O)OC)C2[C@H](O)[C@]3(O)C[C@H](OC(=O)[C@H](O[Si](C)(C)C(C)(C)C)[C@@H](NC(=O)c4ccccc4)c4ccccc4)C(C)=C([C@@H](OC(C)=O)C(=O)[C@@]21C)C3(C)C. The normalized spacial score (nSPS) is 30.8. The van der Waals surface area contributed by atoms with Crippen LogP contribution in [-0.4, -0.2) is 118 Å². The van der Waals surface area contributed by atoms with Gasteiger partial charge in [0, 0.05) is 36.7 Å². The highest BCUT2D eigenvalue weighted by molar-refractivity contribution is 6.74. The van der Waals surface area contributed by atoms with Gasteiger partial charge in [-0.2, -0.15) is 0 Å². The number of methoxy groups -OCH3 is 1. The molecule has 0 spiro atoms. The van der Waals surface area contributed by atoms with E-state index in [1.165, 1.54) is 6.92 Å². The number of hydrogen-bond donors (Lipinski definition) is 3. The molecule has 69 heavy (non-hydrogen) atoms. The first-order valence-electron chi connectivity index (χ1n) is 24.3. The van der Waals surface area contributed by atoms with Crippen LogP contribution in [0, 0.1) is 16.7 Å². The van der Waals surface area contributed by atoms with Crippen LogP contribution in [0.15, 0.2) is 71.8 Å². The van der Waals surface area contributed by atoms with Gasteiger partial charge in [0.2, 0.25) is 0 Å². The number of Topliss-reactive ketones (excluding diaryl/α,β-unsaturated/α-hetero) is 1. The summed E-state index contributed by atoms with van der Waals surface area (Å²) < 4.78 is 44.2. The summed E-state index contributed by atoms with van der Waals surface area (Å²) in [6, 6.07) is 18.6. The van der Waals surface area contributed by atoms with Crippen LogP contribution in [0.5, 0.6) is 0 Å². The molecular weight excluding hydrogens is 919 g/mol. The molecule has 4 aliphatic rings. The van der Waals surface area contributed by atoms with Crippen LogP contribution in [0.2, 0.25) is 36.3 Å². The van der Waals surface area contributed by atoms with Crippen molar-refractivity contribution in [2.75, 3.05) is 13.7 Å². The molecule has 17 heteroatoms. The molecule has 11 atom stereocenters. The Balaban J connectivity index is 1.56. The van der Waals surface area contributed by atoms with Gasteiger partial charge in [0.05, 0.1) is 37.4 Å². The van der Waals surface area contributed by atoms with Gasteiger partial charge < -0.3 is 48.1 Å². The molecule has 380 valence electrons. The summed E-state index contributed by atoms with van der Waals surface area (Å²) in [6.07, 6.45) is -9.64. The van der Waals surface area contributed by atoms with Crippen LogP contribution >= 0.6 is 0 Å². The van der Waals surface area contributed by atoms with E-state index in [9.17, 15) is 24.6 Å². The molecule has 3 fully saturated rings. The zero-order valence-electron chi connectivity index (χ0n) is 42.9. The van der Waals surface area contributed by atoms with Crippen molar-refractivity contribution in [2.24, 2.45) is 16.7 Å². The van der Waals surface area contributed by atoms with Crippen molar-refractivity contribution in [1.29, 1.82) is 0 Å². The number of nitrogens with one attached hydrogen (secondary N) is 1. The van der Waals surface area contributed by atoms with Crippen LogP contribution < -0.4 is 5.32 Å². The zero-order valence-corrected chi connectivity index (χ0v) is 44.9. The Morgan fingerprint density at radius 2 is 1.51 bits per heavy atom. The molecule has 1 saturated heterocycles. The summed E-state index contributed by atoms with van der Waals surface area (Å²) in [4.78, 5) is 72.2. The molecule has 3 aliphatic carbocycles. The highest BCUT2D eigenvalue weighted by Gasteiger charge is 2.78. The maximum absolute atomic E-state index is 16.1. The molecule has 2 saturated carbocycles. The van der Waals surface area contributed by atoms with Crippen molar-refractivity contribution < 1.29 is 66.7 Å².